The van der Waals surface area contributed by atoms with Crippen LogP contribution in [0, 0.1) is 16.7 Å². The van der Waals surface area contributed by atoms with Gasteiger partial charge in [-0.05, 0) is 30.5 Å². The number of nitriles is 1. The van der Waals surface area contributed by atoms with Crippen molar-refractivity contribution in [2.45, 2.75) is 46.1 Å². The highest BCUT2D eigenvalue weighted by Crippen LogP contribution is 2.29. The van der Waals surface area contributed by atoms with Gasteiger partial charge in [0.05, 0.1) is 6.07 Å². The van der Waals surface area contributed by atoms with Crippen LogP contribution in [0.3, 0.4) is 0 Å². The molecule has 20 heavy (non-hydrogen) atoms. The average Bonchev–Trinajstić information content (AvgIpc) is 2.44. The van der Waals surface area contributed by atoms with Gasteiger partial charge in [0, 0.05) is 11.6 Å². The molecule has 1 rings (SSSR count). The summed E-state index contributed by atoms with van der Waals surface area (Å²) < 4.78 is 0. The van der Waals surface area contributed by atoms with Gasteiger partial charge in [0.2, 0.25) is 5.91 Å². The predicted octanol–water partition coefficient (Wildman–Crippen LogP) is 4.07. The van der Waals surface area contributed by atoms with E-state index in [9.17, 15) is 10.1 Å². The minimum Gasteiger partial charge on any atom is -0.351 e. The summed E-state index contributed by atoms with van der Waals surface area (Å²) in [4.78, 5) is 12.4. The lowest BCUT2D eigenvalue weighted by Crippen LogP contribution is -2.39. The quantitative estimate of drug-likeness (QED) is 0.823. The molecule has 3 nitrogen and oxygen atoms in total. The number of nitrogens with one attached hydrogen (secondary N) is 1. The van der Waals surface area contributed by atoms with Crippen molar-refractivity contribution in [1.82, 2.24) is 5.32 Å². The fourth-order valence-electron chi connectivity index (χ4n) is 2.37. The molecule has 0 saturated heterocycles. The maximum Gasteiger partial charge on any atom is 0.240 e. The molecular formula is C16H21ClN2O. The standard InChI is InChI=1S/C16H21ClN2O/c1-3-8-16(12-18,9-4-2)15(20)19-11-13-6-5-7-14(17)10-13/h5-7,10H,3-4,8-9,11H2,1-2H3,(H,19,20). The zero-order chi connectivity index (χ0) is 15.0. The number of carbonyl (C=O) groups excluding carboxylic acids is 1. The average molecular weight is 293 g/mol. The van der Waals surface area contributed by atoms with Crippen LogP contribution < -0.4 is 5.32 Å². The Labute approximate surface area is 125 Å². The molecule has 1 aromatic carbocycles. The van der Waals surface area contributed by atoms with E-state index in [0.717, 1.165) is 18.4 Å². The summed E-state index contributed by atoms with van der Waals surface area (Å²) in [7, 11) is 0. The van der Waals surface area contributed by atoms with Crippen LogP contribution >= 0.6 is 11.6 Å². The molecule has 0 aliphatic rings. The number of benzene rings is 1. The van der Waals surface area contributed by atoms with Crippen LogP contribution in [0.2, 0.25) is 5.02 Å². The van der Waals surface area contributed by atoms with E-state index in [1.165, 1.54) is 0 Å². The largest absolute Gasteiger partial charge is 0.351 e. The molecule has 4 heteroatoms. The number of halogens is 1. The van der Waals surface area contributed by atoms with E-state index < -0.39 is 5.41 Å². The molecule has 0 saturated carbocycles. The Bertz CT molecular complexity index is 487. The summed E-state index contributed by atoms with van der Waals surface area (Å²) in [5.74, 6) is -0.177. The minimum absolute atomic E-state index is 0.177. The Morgan fingerprint density at radius 1 is 1.35 bits per heavy atom. The van der Waals surface area contributed by atoms with Crippen molar-refractivity contribution in [1.29, 1.82) is 5.26 Å². The first-order chi connectivity index (χ1) is 9.57. The van der Waals surface area contributed by atoms with Gasteiger partial charge in [0.15, 0.2) is 0 Å². The van der Waals surface area contributed by atoms with Crippen molar-refractivity contribution in [3.8, 4) is 6.07 Å². The zero-order valence-corrected chi connectivity index (χ0v) is 12.8. The summed E-state index contributed by atoms with van der Waals surface area (Å²) in [5.41, 5.74) is 0.0351. The maximum atomic E-state index is 12.4. The first-order valence-corrected chi connectivity index (χ1v) is 7.39. The molecule has 1 aromatic rings. The third-order valence-electron chi connectivity index (χ3n) is 3.34. The van der Waals surface area contributed by atoms with Crippen LogP contribution in [0.15, 0.2) is 24.3 Å². The van der Waals surface area contributed by atoms with Gasteiger partial charge in [-0.15, -0.1) is 0 Å². The molecule has 0 atom stereocenters. The molecule has 0 spiro atoms. The lowest BCUT2D eigenvalue weighted by Gasteiger charge is -2.24. The summed E-state index contributed by atoms with van der Waals surface area (Å²) in [6, 6.07) is 9.58. The highest BCUT2D eigenvalue weighted by atomic mass is 35.5. The molecule has 0 unspecified atom stereocenters. The lowest BCUT2D eigenvalue weighted by atomic mass is 9.79. The third kappa shape index (κ3) is 4.25. The maximum absolute atomic E-state index is 12.4. The van der Waals surface area contributed by atoms with Crippen LogP contribution in [0.1, 0.15) is 45.1 Å². The van der Waals surface area contributed by atoms with Crippen LogP contribution in [-0.4, -0.2) is 5.91 Å². The second-order valence-electron chi connectivity index (χ2n) is 5.01. The summed E-state index contributed by atoms with van der Waals surface area (Å²) >= 11 is 5.91. The lowest BCUT2D eigenvalue weighted by molar-refractivity contribution is -0.129. The van der Waals surface area contributed by atoms with E-state index in [0.29, 0.717) is 24.4 Å². The zero-order valence-electron chi connectivity index (χ0n) is 12.1. The molecule has 1 amide bonds. The van der Waals surface area contributed by atoms with Crippen LogP contribution in [0.25, 0.3) is 0 Å². The summed E-state index contributed by atoms with van der Waals surface area (Å²) in [6.45, 7) is 4.38. The number of nitrogens with zero attached hydrogens (tertiary/aromatic N) is 1. The first kappa shape index (κ1) is 16.5. The van der Waals surface area contributed by atoms with Gasteiger partial charge in [-0.25, -0.2) is 0 Å². The molecular weight excluding hydrogens is 272 g/mol. The second kappa shape index (κ2) is 7.91. The molecule has 0 radical (unpaired) electrons. The SMILES string of the molecule is CCCC(C#N)(CCC)C(=O)NCc1cccc(Cl)c1. The normalized spacial score (nSPS) is 10.9. The van der Waals surface area contributed by atoms with Crippen molar-refractivity contribution in [3.05, 3.63) is 34.9 Å². The van der Waals surface area contributed by atoms with Crippen LogP contribution in [0.4, 0.5) is 0 Å². The Morgan fingerprint density at radius 3 is 2.50 bits per heavy atom. The van der Waals surface area contributed by atoms with Crippen molar-refractivity contribution >= 4 is 17.5 Å². The molecule has 0 heterocycles. The fourth-order valence-corrected chi connectivity index (χ4v) is 2.58. The minimum atomic E-state index is -0.901. The Kier molecular flexibility index (Phi) is 6.54. The summed E-state index contributed by atoms with van der Waals surface area (Å²) in [5, 5.41) is 12.9. The van der Waals surface area contributed by atoms with Gasteiger partial charge >= 0.3 is 0 Å². The van der Waals surface area contributed by atoms with E-state index in [2.05, 4.69) is 11.4 Å². The van der Waals surface area contributed by atoms with Crippen molar-refractivity contribution < 1.29 is 4.79 Å². The molecule has 0 aliphatic heterocycles. The monoisotopic (exact) mass is 292 g/mol. The van der Waals surface area contributed by atoms with Gasteiger partial charge < -0.3 is 5.32 Å². The molecule has 108 valence electrons. The van der Waals surface area contributed by atoms with E-state index in [1.54, 1.807) is 6.07 Å². The number of carbonyl (C=O) groups is 1. The molecule has 0 aromatic heterocycles. The molecule has 0 fully saturated rings. The molecule has 0 bridgehead atoms. The van der Waals surface area contributed by atoms with Gasteiger partial charge in [-0.3, -0.25) is 4.79 Å². The first-order valence-electron chi connectivity index (χ1n) is 7.02. The van der Waals surface area contributed by atoms with Crippen molar-refractivity contribution in [3.63, 3.8) is 0 Å². The van der Waals surface area contributed by atoms with Crippen molar-refractivity contribution in [2.75, 3.05) is 0 Å². The van der Waals surface area contributed by atoms with Gasteiger partial charge in [-0.1, -0.05) is 50.4 Å². The highest BCUT2D eigenvalue weighted by Gasteiger charge is 2.36. The Balaban J connectivity index is 2.74. The number of hydrogen-bond acceptors (Lipinski definition) is 2. The number of amides is 1. The van der Waals surface area contributed by atoms with E-state index in [4.69, 9.17) is 11.6 Å². The van der Waals surface area contributed by atoms with Crippen LogP contribution in [-0.2, 0) is 11.3 Å². The van der Waals surface area contributed by atoms with E-state index in [-0.39, 0.29) is 5.91 Å². The predicted molar refractivity (Wildman–Crippen MR) is 81.2 cm³/mol. The Hall–Kier alpha value is -1.53. The third-order valence-corrected chi connectivity index (χ3v) is 3.58. The van der Waals surface area contributed by atoms with E-state index in [1.807, 2.05) is 32.0 Å². The summed E-state index contributed by atoms with van der Waals surface area (Å²) in [6.07, 6.45) is 2.83. The fraction of sp³-hybridized carbons (Fsp3) is 0.500. The Morgan fingerprint density at radius 2 is 2.00 bits per heavy atom. The topological polar surface area (TPSA) is 52.9 Å². The highest BCUT2D eigenvalue weighted by molar-refractivity contribution is 6.30. The number of hydrogen-bond donors (Lipinski definition) is 1. The van der Waals surface area contributed by atoms with Crippen molar-refractivity contribution in [2.24, 2.45) is 5.41 Å². The number of rotatable bonds is 7. The van der Waals surface area contributed by atoms with Gasteiger partial charge in [0.1, 0.15) is 5.41 Å². The molecule has 1 N–H and O–H groups in total. The second-order valence-corrected chi connectivity index (χ2v) is 5.44. The van der Waals surface area contributed by atoms with Crippen LogP contribution in [0.5, 0.6) is 0 Å². The van der Waals surface area contributed by atoms with Gasteiger partial charge in [-0.2, -0.15) is 5.26 Å². The van der Waals surface area contributed by atoms with Gasteiger partial charge in [0.25, 0.3) is 0 Å². The molecule has 0 aliphatic carbocycles. The smallest absolute Gasteiger partial charge is 0.240 e. The van der Waals surface area contributed by atoms with E-state index >= 15 is 0 Å².